The number of nitrogens with one attached hydrogen (secondary N) is 1. The molecular weight excluding hydrogens is 278 g/mol. The number of halogens is 1. The highest BCUT2D eigenvalue weighted by Gasteiger charge is 2.08. The van der Waals surface area contributed by atoms with Crippen molar-refractivity contribution in [2.75, 3.05) is 12.4 Å². The first-order valence-corrected chi connectivity index (χ1v) is 6.41. The SMILES string of the molecule is COc1nn(C)cc1NCc1cnn(CC(C)C)c1.Cl. The summed E-state index contributed by atoms with van der Waals surface area (Å²) < 4.78 is 8.90. The number of aryl methyl sites for hydroxylation is 1. The Labute approximate surface area is 125 Å². The Bertz CT molecular complexity index is 535. The van der Waals surface area contributed by atoms with Crippen LogP contribution in [0.5, 0.6) is 5.88 Å². The summed E-state index contributed by atoms with van der Waals surface area (Å²) in [6.45, 7) is 6.01. The van der Waals surface area contributed by atoms with Gasteiger partial charge in [0.15, 0.2) is 0 Å². The summed E-state index contributed by atoms with van der Waals surface area (Å²) in [5.41, 5.74) is 2.04. The van der Waals surface area contributed by atoms with E-state index in [9.17, 15) is 0 Å². The summed E-state index contributed by atoms with van der Waals surface area (Å²) in [5, 5.41) is 11.8. The van der Waals surface area contributed by atoms with Crippen molar-refractivity contribution in [3.05, 3.63) is 24.2 Å². The first-order chi connectivity index (χ1) is 9.08. The van der Waals surface area contributed by atoms with E-state index >= 15 is 0 Å². The average Bonchev–Trinajstić information content (AvgIpc) is 2.92. The van der Waals surface area contributed by atoms with Crippen molar-refractivity contribution in [1.82, 2.24) is 19.6 Å². The smallest absolute Gasteiger partial charge is 0.256 e. The molecule has 112 valence electrons. The van der Waals surface area contributed by atoms with Crippen molar-refractivity contribution in [2.24, 2.45) is 13.0 Å². The Kier molecular flexibility index (Phi) is 5.88. The van der Waals surface area contributed by atoms with Crippen LogP contribution in [-0.4, -0.2) is 26.7 Å². The van der Waals surface area contributed by atoms with Gasteiger partial charge in [-0.1, -0.05) is 13.8 Å². The highest BCUT2D eigenvalue weighted by atomic mass is 35.5. The molecule has 0 saturated heterocycles. The molecular formula is C13H22ClN5O. The van der Waals surface area contributed by atoms with E-state index in [4.69, 9.17) is 4.74 Å². The second-order valence-corrected chi connectivity index (χ2v) is 5.04. The lowest BCUT2D eigenvalue weighted by atomic mass is 10.2. The predicted molar refractivity (Wildman–Crippen MR) is 81.4 cm³/mol. The summed E-state index contributed by atoms with van der Waals surface area (Å²) in [4.78, 5) is 0. The minimum Gasteiger partial charge on any atom is -0.478 e. The van der Waals surface area contributed by atoms with Gasteiger partial charge in [-0.05, 0) is 5.92 Å². The fourth-order valence-electron chi connectivity index (χ4n) is 1.91. The Balaban J connectivity index is 0.00000200. The molecule has 2 rings (SSSR count). The minimum absolute atomic E-state index is 0. The average molecular weight is 300 g/mol. The number of hydrogen-bond acceptors (Lipinski definition) is 4. The summed E-state index contributed by atoms with van der Waals surface area (Å²) in [7, 11) is 3.49. The third-order valence-electron chi connectivity index (χ3n) is 2.71. The second kappa shape index (κ2) is 7.19. The Hall–Kier alpha value is -1.69. The number of ether oxygens (including phenoxy) is 1. The Morgan fingerprint density at radius 2 is 2.10 bits per heavy atom. The molecule has 0 amide bonds. The van der Waals surface area contributed by atoms with Gasteiger partial charge in [0.1, 0.15) is 5.69 Å². The van der Waals surface area contributed by atoms with Crippen molar-refractivity contribution in [3.63, 3.8) is 0 Å². The number of aromatic nitrogens is 4. The fraction of sp³-hybridized carbons (Fsp3) is 0.538. The lowest BCUT2D eigenvalue weighted by Crippen LogP contribution is -2.04. The quantitative estimate of drug-likeness (QED) is 0.889. The maximum atomic E-state index is 5.20. The molecule has 7 heteroatoms. The zero-order valence-electron chi connectivity index (χ0n) is 12.3. The third-order valence-corrected chi connectivity index (χ3v) is 2.71. The van der Waals surface area contributed by atoms with E-state index in [2.05, 4.69) is 35.6 Å². The molecule has 2 aromatic heterocycles. The summed E-state index contributed by atoms with van der Waals surface area (Å²) in [5.74, 6) is 1.20. The predicted octanol–water partition coefficient (Wildman–Crippen LogP) is 2.32. The zero-order chi connectivity index (χ0) is 13.8. The highest BCUT2D eigenvalue weighted by Crippen LogP contribution is 2.21. The van der Waals surface area contributed by atoms with Gasteiger partial charge in [0, 0.05) is 31.9 Å². The minimum atomic E-state index is 0. The molecule has 0 bridgehead atoms. The van der Waals surface area contributed by atoms with Crippen molar-refractivity contribution in [3.8, 4) is 5.88 Å². The van der Waals surface area contributed by atoms with Crippen LogP contribution in [0, 0.1) is 5.92 Å². The van der Waals surface area contributed by atoms with E-state index in [1.165, 1.54) is 0 Å². The molecule has 0 atom stereocenters. The Morgan fingerprint density at radius 1 is 1.35 bits per heavy atom. The molecule has 2 aromatic rings. The molecule has 0 aromatic carbocycles. The van der Waals surface area contributed by atoms with E-state index < -0.39 is 0 Å². The van der Waals surface area contributed by atoms with Gasteiger partial charge >= 0.3 is 0 Å². The maximum absolute atomic E-state index is 5.20. The van der Waals surface area contributed by atoms with Crippen LogP contribution in [0.25, 0.3) is 0 Å². The number of anilines is 1. The molecule has 0 aliphatic rings. The molecule has 0 unspecified atom stereocenters. The molecule has 20 heavy (non-hydrogen) atoms. The van der Waals surface area contributed by atoms with E-state index in [1.54, 1.807) is 11.8 Å². The molecule has 0 spiro atoms. The van der Waals surface area contributed by atoms with Crippen LogP contribution < -0.4 is 10.1 Å². The molecule has 0 saturated carbocycles. The third kappa shape index (κ3) is 4.16. The standard InChI is InChI=1S/C13H21N5O.ClH/c1-10(2)7-18-8-11(6-15-18)5-14-12-9-17(3)16-13(12)19-4;/h6,8-10,14H,5,7H2,1-4H3;1H. The first kappa shape index (κ1) is 16.4. The van der Waals surface area contributed by atoms with Gasteiger partial charge in [0.05, 0.1) is 19.5 Å². The fourth-order valence-corrected chi connectivity index (χ4v) is 1.91. The number of nitrogens with zero attached hydrogens (tertiary/aromatic N) is 4. The van der Waals surface area contributed by atoms with Crippen LogP contribution in [-0.2, 0) is 20.1 Å². The molecule has 0 aliphatic heterocycles. The van der Waals surface area contributed by atoms with Gasteiger partial charge in [-0.25, -0.2) is 0 Å². The number of rotatable bonds is 6. The first-order valence-electron chi connectivity index (χ1n) is 6.41. The zero-order valence-corrected chi connectivity index (χ0v) is 13.1. The van der Waals surface area contributed by atoms with Crippen LogP contribution >= 0.6 is 12.4 Å². The van der Waals surface area contributed by atoms with Crippen LogP contribution in [0.1, 0.15) is 19.4 Å². The highest BCUT2D eigenvalue weighted by molar-refractivity contribution is 5.85. The monoisotopic (exact) mass is 299 g/mol. The van der Waals surface area contributed by atoms with E-state index in [0.29, 0.717) is 18.3 Å². The molecule has 1 N–H and O–H groups in total. The maximum Gasteiger partial charge on any atom is 0.256 e. The van der Waals surface area contributed by atoms with Gasteiger partial charge in [-0.3, -0.25) is 9.36 Å². The van der Waals surface area contributed by atoms with E-state index in [1.807, 2.05) is 24.1 Å². The van der Waals surface area contributed by atoms with E-state index in [-0.39, 0.29) is 12.4 Å². The van der Waals surface area contributed by atoms with Gasteiger partial charge < -0.3 is 10.1 Å². The van der Waals surface area contributed by atoms with Crippen molar-refractivity contribution in [1.29, 1.82) is 0 Å². The summed E-state index contributed by atoms with van der Waals surface area (Å²) in [6.07, 6.45) is 5.85. The number of methoxy groups -OCH3 is 1. The molecule has 6 nitrogen and oxygen atoms in total. The second-order valence-electron chi connectivity index (χ2n) is 5.04. The lowest BCUT2D eigenvalue weighted by Gasteiger charge is -2.04. The largest absolute Gasteiger partial charge is 0.478 e. The summed E-state index contributed by atoms with van der Waals surface area (Å²) in [6, 6.07) is 0. The van der Waals surface area contributed by atoms with Gasteiger partial charge in [0.25, 0.3) is 5.88 Å². The molecule has 0 aliphatic carbocycles. The molecule has 0 radical (unpaired) electrons. The van der Waals surface area contributed by atoms with Crippen LogP contribution in [0.4, 0.5) is 5.69 Å². The van der Waals surface area contributed by atoms with Crippen LogP contribution in [0.3, 0.4) is 0 Å². The molecule has 0 fully saturated rings. The van der Waals surface area contributed by atoms with Crippen molar-refractivity contribution in [2.45, 2.75) is 26.9 Å². The van der Waals surface area contributed by atoms with Crippen molar-refractivity contribution < 1.29 is 4.74 Å². The van der Waals surface area contributed by atoms with Crippen molar-refractivity contribution >= 4 is 18.1 Å². The normalized spacial score (nSPS) is 10.4. The summed E-state index contributed by atoms with van der Waals surface area (Å²) >= 11 is 0. The van der Waals surface area contributed by atoms with Crippen LogP contribution in [0.15, 0.2) is 18.6 Å². The topological polar surface area (TPSA) is 56.9 Å². The van der Waals surface area contributed by atoms with Crippen LogP contribution in [0.2, 0.25) is 0 Å². The number of hydrogen-bond donors (Lipinski definition) is 1. The molecule has 2 heterocycles. The van der Waals surface area contributed by atoms with E-state index in [0.717, 1.165) is 17.8 Å². The van der Waals surface area contributed by atoms with Gasteiger partial charge in [-0.15, -0.1) is 17.5 Å². The van der Waals surface area contributed by atoms with Gasteiger partial charge in [-0.2, -0.15) is 5.10 Å². The lowest BCUT2D eigenvalue weighted by molar-refractivity contribution is 0.393. The van der Waals surface area contributed by atoms with Gasteiger partial charge in [0.2, 0.25) is 0 Å². The Morgan fingerprint density at radius 3 is 2.75 bits per heavy atom.